The molecule has 9 heteroatoms. The van der Waals surface area contributed by atoms with Gasteiger partial charge in [-0.2, -0.15) is 8.61 Å². The van der Waals surface area contributed by atoms with Crippen LogP contribution in [0.1, 0.15) is 31.5 Å². The Hall–Kier alpha value is -1.68. The topological polar surface area (TPSA) is 79.7 Å². The minimum atomic E-state index is -3.70. The van der Waals surface area contributed by atoms with Gasteiger partial charge >= 0.3 is 0 Å². The molecular formula is C18H23N3O4S2. The van der Waals surface area contributed by atoms with Crippen LogP contribution in [0.25, 0.3) is 0 Å². The van der Waals surface area contributed by atoms with Gasteiger partial charge in [-0.25, -0.2) is 16.8 Å². The van der Waals surface area contributed by atoms with Crippen LogP contribution >= 0.6 is 0 Å². The predicted molar refractivity (Wildman–Crippen MR) is 101 cm³/mol. The average Bonchev–Trinajstić information content (AvgIpc) is 3.34. The van der Waals surface area contributed by atoms with Crippen LogP contribution in [-0.2, 0) is 26.6 Å². The van der Waals surface area contributed by atoms with Crippen LogP contribution in [0.5, 0.6) is 0 Å². The van der Waals surface area contributed by atoms with E-state index in [-0.39, 0.29) is 15.8 Å². The molecular weight excluding hydrogens is 386 g/mol. The van der Waals surface area contributed by atoms with E-state index in [9.17, 15) is 16.8 Å². The number of fused-ring (bicyclic) bond motifs is 1. The second kappa shape index (κ2) is 6.73. The number of hydrogen-bond acceptors (Lipinski definition) is 4. The summed E-state index contributed by atoms with van der Waals surface area (Å²) in [6, 6.07) is 9.18. The normalized spacial score (nSPS) is 22.0. The van der Waals surface area contributed by atoms with Crippen molar-refractivity contribution in [2.24, 2.45) is 0 Å². The second-order valence-corrected chi connectivity index (χ2v) is 10.8. The third-order valence-corrected chi connectivity index (χ3v) is 9.32. The molecule has 27 heavy (non-hydrogen) atoms. The highest BCUT2D eigenvalue weighted by molar-refractivity contribution is 7.89. The molecule has 2 aliphatic heterocycles. The number of hydrogen-bond donors (Lipinski definition) is 0. The molecule has 0 amide bonds. The van der Waals surface area contributed by atoms with E-state index in [1.54, 1.807) is 0 Å². The first-order chi connectivity index (χ1) is 12.8. The molecule has 0 saturated carbocycles. The lowest BCUT2D eigenvalue weighted by atomic mass is 10.2. The van der Waals surface area contributed by atoms with Crippen molar-refractivity contribution in [1.29, 1.82) is 0 Å². The maximum Gasteiger partial charge on any atom is 0.243 e. The van der Waals surface area contributed by atoms with Gasteiger partial charge in [-0.15, -0.1) is 0 Å². The standard InChI is InChI=1S/C18H23N3O4S2/c1-15-18-5-4-10-19(18)13-14-21(15)27(24,25)17-8-6-16(7-9-17)26(22,23)20-11-2-3-12-20/h4-10,15H,2-3,11-14H2,1H3/t15-/m0/s1. The lowest BCUT2D eigenvalue weighted by molar-refractivity contribution is 0.282. The molecule has 0 spiro atoms. The summed E-state index contributed by atoms with van der Waals surface area (Å²) < 4.78 is 56.4. The van der Waals surface area contributed by atoms with Gasteiger partial charge in [0.05, 0.1) is 15.8 Å². The highest BCUT2D eigenvalue weighted by atomic mass is 32.2. The molecule has 4 rings (SSSR count). The molecule has 1 atom stereocenters. The van der Waals surface area contributed by atoms with E-state index in [1.807, 2.05) is 25.3 Å². The summed E-state index contributed by atoms with van der Waals surface area (Å²) in [7, 11) is -7.25. The Morgan fingerprint density at radius 2 is 1.41 bits per heavy atom. The molecule has 0 unspecified atom stereocenters. The first-order valence-electron chi connectivity index (χ1n) is 9.09. The molecule has 2 aromatic rings. The number of rotatable bonds is 4. The Labute approximate surface area is 160 Å². The summed E-state index contributed by atoms with van der Waals surface area (Å²) in [6.45, 7) is 3.90. The number of sulfonamides is 2. The van der Waals surface area contributed by atoms with Crippen molar-refractivity contribution in [1.82, 2.24) is 13.2 Å². The molecule has 0 bridgehead atoms. The van der Waals surface area contributed by atoms with Crippen LogP contribution in [0.3, 0.4) is 0 Å². The zero-order chi connectivity index (χ0) is 19.2. The molecule has 7 nitrogen and oxygen atoms in total. The van der Waals surface area contributed by atoms with Gasteiger partial charge in [-0.1, -0.05) is 0 Å². The molecule has 0 aliphatic carbocycles. The fourth-order valence-electron chi connectivity index (χ4n) is 3.88. The van der Waals surface area contributed by atoms with Crippen molar-refractivity contribution in [3.05, 3.63) is 48.3 Å². The SMILES string of the molecule is C[C@H]1c2cccn2CCN1S(=O)(=O)c1ccc(S(=O)(=O)N2CCCC2)cc1. The van der Waals surface area contributed by atoms with E-state index in [0.29, 0.717) is 26.2 Å². The third kappa shape index (κ3) is 3.12. The second-order valence-electron chi connectivity index (χ2n) is 7.00. The number of aromatic nitrogens is 1. The molecule has 0 N–H and O–H groups in total. The highest BCUT2D eigenvalue weighted by Crippen LogP contribution is 2.31. The van der Waals surface area contributed by atoms with E-state index in [1.165, 1.54) is 32.9 Å². The Morgan fingerprint density at radius 1 is 0.815 bits per heavy atom. The summed E-state index contributed by atoms with van der Waals surface area (Å²) in [5.41, 5.74) is 0.957. The van der Waals surface area contributed by atoms with Crippen LogP contribution < -0.4 is 0 Å². The van der Waals surface area contributed by atoms with E-state index < -0.39 is 20.0 Å². The van der Waals surface area contributed by atoms with Crippen LogP contribution in [0.15, 0.2) is 52.4 Å². The fraction of sp³-hybridized carbons (Fsp3) is 0.444. The van der Waals surface area contributed by atoms with Gasteiger partial charge in [-0.05, 0) is 56.2 Å². The van der Waals surface area contributed by atoms with E-state index in [0.717, 1.165) is 18.5 Å². The van der Waals surface area contributed by atoms with Crippen LogP contribution in [-0.4, -0.2) is 49.6 Å². The van der Waals surface area contributed by atoms with Crippen molar-refractivity contribution >= 4 is 20.0 Å². The van der Waals surface area contributed by atoms with Gasteiger partial charge in [0.1, 0.15) is 0 Å². The first kappa shape index (κ1) is 18.7. The molecule has 2 aliphatic rings. The maximum atomic E-state index is 13.1. The van der Waals surface area contributed by atoms with Gasteiger partial charge < -0.3 is 4.57 Å². The third-order valence-electron chi connectivity index (χ3n) is 5.42. The lowest BCUT2D eigenvalue weighted by Gasteiger charge is -2.33. The lowest BCUT2D eigenvalue weighted by Crippen LogP contribution is -2.40. The number of benzene rings is 1. The minimum absolute atomic E-state index is 0.120. The molecule has 3 heterocycles. The van der Waals surface area contributed by atoms with Gasteiger partial charge in [0.2, 0.25) is 20.0 Å². The molecule has 146 valence electrons. The summed E-state index contributed by atoms with van der Waals surface area (Å²) in [6.07, 6.45) is 3.67. The van der Waals surface area contributed by atoms with Crippen molar-refractivity contribution in [2.45, 2.75) is 42.1 Å². The largest absolute Gasteiger partial charge is 0.349 e. The van der Waals surface area contributed by atoms with Crippen LogP contribution in [0.4, 0.5) is 0 Å². The molecule has 1 aromatic heterocycles. The molecule has 0 radical (unpaired) electrons. The Balaban J connectivity index is 1.62. The molecule has 1 aromatic carbocycles. The maximum absolute atomic E-state index is 13.1. The van der Waals surface area contributed by atoms with E-state index >= 15 is 0 Å². The summed E-state index contributed by atoms with van der Waals surface area (Å²) in [5, 5.41) is 0. The van der Waals surface area contributed by atoms with E-state index in [2.05, 4.69) is 4.57 Å². The first-order valence-corrected chi connectivity index (χ1v) is 12.0. The van der Waals surface area contributed by atoms with Gasteiger partial charge in [-0.3, -0.25) is 0 Å². The summed E-state index contributed by atoms with van der Waals surface area (Å²) in [5.74, 6) is 0. The molecule has 1 fully saturated rings. The average molecular weight is 410 g/mol. The summed E-state index contributed by atoms with van der Waals surface area (Å²) >= 11 is 0. The summed E-state index contributed by atoms with van der Waals surface area (Å²) in [4.78, 5) is 0.263. The minimum Gasteiger partial charge on any atom is -0.349 e. The number of nitrogens with zero attached hydrogens (tertiary/aromatic N) is 3. The van der Waals surface area contributed by atoms with Gasteiger partial charge in [0, 0.05) is 38.1 Å². The fourth-order valence-corrected chi connectivity index (χ4v) is 7.00. The monoisotopic (exact) mass is 409 g/mol. The Morgan fingerprint density at radius 3 is 2.04 bits per heavy atom. The van der Waals surface area contributed by atoms with Crippen molar-refractivity contribution in [3.8, 4) is 0 Å². The Kier molecular flexibility index (Phi) is 4.66. The quantitative estimate of drug-likeness (QED) is 0.774. The predicted octanol–water partition coefficient (Wildman–Crippen LogP) is 2.04. The van der Waals surface area contributed by atoms with Gasteiger partial charge in [0.25, 0.3) is 0 Å². The smallest absolute Gasteiger partial charge is 0.243 e. The highest BCUT2D eigenvalue weighted by Gasteiger charge is 2.34. The van der Waals surface area contributed by atoms with Crippen LogP contribution in [0.2, 0.25) is 0 Å². The van der Waals surface area contributed by atoms with Gasteiger partial charge in [0.15, 0.2) is 0 Å². The van der Waals surface area contributed by atoms with Crippen LogP contribution in [0, 0.1) is 0 Å². The zero-order valence-corrected chi connectivity index (χ0v) is 16.8. The van der Waals surface area contributed by atoms with E-state index in [4.69, 9.17) is 0 Å². The zero-order valence-electron chi connectivity index (χ0n) is 15.2. The van der Waals surface area contributed by atoms with Crippen molar-refractivity contribution in [3.63, 3.8) is 0 Å². The van der Waals surface area contributed by atoms with Crippen molar-refractivity contribution in [2.75, 3.05) is 19.6 Å². The van der Waals surface area contributed by atoms with Crippen molar-refractivity contribution < 1.29 is 16.8 Å². The Bertz CT molecular complexity index is 1040. The molecule has 1 saturated heterocycles.